The molecule has 3 nitrogen and oxygen atoms in total. The lowest BCUT2D eigenvalue weighted by Crippen LogP contribution is -2.19. The van der Waals surface area contributed by atoms with Crippen LogP contribution in [0.4, 0.5) is 5.82 Å². The molecule has 2 aromatic rings. The fourth-order valence-corrected chi connectivity index (χ4v) is 2.36. The normalized spacial score (nSPS) is 10.6. The molecule has 0 saturated carbocycles. The molecule has 106 valence electrons. The number of rotatable bonds is 5. The first-order chi connectivity index (χ1) is 9.60. The summed E-state index contributed by atoms with van der Waals surface area (Å²) in [5, 5.41) is 3.77. The predicted molar refractivity (Wildman–Crippen MR) is 88.3 cm³/mol. The third-order valence-electron chi connectivity index (χ3n) is 2.97. The van der Waals surface area contributed by atoms with Crippen molar-refractivity contribution in [2.24, 2.45) is 0 Å². The molecule has 0 aliphatic carbocycles. The maximum absolute atomic E-state index is 6.13. The van der Waals surface area contributed by atoms with Gasteiger partial charge < -0.3 is 10.2 Å². The Morgan fingerprint density at radius 2 is 1.90 bits per heavy atom. The highest BCUT2D eigenvalue weighted by Crippen LogP contribution is 2.20. The first-order valence-corrected chi connectivity index (χ1v) is 7.53. The van der Waals surface area contributed by atoms with Crippen molar-refractivity contribution in [1.29, 1.82) is 0 Å². The van der Waals surface area contributed by atoms with E-state index in [0.29, 0.717) is 11.6 Å². The van der Waals surface area contributed by atoms with Crippen LogP contribution in [-0.2, 0) is 13.1 Å². The van der Waals surface area contributed by atoms with Crippen LogP contribution in [0.5, 0.6) is 0 Å². The number of benzene rings is 1. The van der Waals surface area contributed by atoms with Crippen molar-refractivity contribution < 1.29 is 0 Å². The molecule has 0 saturated heterocycles. The third kappa shape index (κ3) is 3.95. The molecule has 5 heteroatoms. The number of nitrogens with one attached hydrogen (secondary N) is 1. The molecule has 0 unspecified atom stereocenters. The van der Waals surface area contributed by atoms with Crippen molar-refractivity contribution in [2.45, 2.75) is 13.1 Å². The Morgan fingerprint density at radius 1 is 1.20 bits per heavy atom. The van der Waals surface area contributed by atoms with Gasteiger partial charge in [-0.3, -0.25) is 0 Å². The van der Waals surface area contributed by atoms with Gasteiger partial charge in [0.2, 0.25) is 0 Å². The van der Waals surface area contributed by atoms with Crippen LogP contribution in [0, 0.1) is 0 Å². The largest absolute Gasteiger partial charge is 0.355 e. The second kappa shape index (κ2) is 7.07. The predicted octanol–water partition coefficient (Wildman–Crippen LogP) is 3.85. The van der Waals surface area contributed by atoms with E-state index in [1.807, 2.05) is 38.4 Å². The summed E-state index contributed by atoms with van der Waals surface area (Å²) in [4.78, 5) is 6.71. The molecule has 0 aliphatic heterocycles. The molecular weight excluding hydrogens is 338 g/mol. The number of anilines is 1. The Morgan fingerprint density at radius 3 is 2.55 bits per heavy atom. The smallest absolute Gasteiger partial charge is 0.129 e. The first kappa shape index (κ1) is 15.3. The van der Waals surface area contributed by atoms with Crippen LogP contribution in [0.1, 0.15) is 11.3 Å². The van der Waals surface area contributed by atoms with Gasteiger partial charge >= 0.3 is 0 Å². The lowest BCUT2D eigenvalue weighted by molar-refractivity contribution is 0.783. The fraction of sp³-hybridized carbons (Fsp3) is 0.267. The summed E-state index contributed by atoms with van der Waals surface area (Å²) in [7, 11) is 3.91. The molecule has 1 aromatic carbocycles. The van der Waals surface area contributed by atoms with E-state index in [1.165, 1.54) is 5.56 Å². The second-order valence-corrected chi connectivity index (χ2v) is 5.93. The maximum Gasteiger partial charge on any atom is 0.129 e. The molecule has 2 rings (SSSR count). The van der Waals surface area contributed by atoms with Gasteiger partial charge in [0, 0.05) is 24.6 Å². The van der Waals surface area contributed by atoms with E-state index in [-0.39, 0.29) is 0 Å². The van der Waals surface area contributed by atoms with Gasteiger partial charge in [0.1, 0.15) is 5.82 Å². The molecule has 0 spiro atoms. The van der Waals surface area contributed by atoms with Gasteiger partial charge in [-0.05, 0) is 36.9 Å². The van der Waals surface area contributed by atoms with E-state index in [0.717, 1.165) is 22.5 Å². The molecule has 20 heavy (non-hydrogen) atoms. The van der Waals surface area contributed by atoms with E-state index in [1.54, 1.807) is 0 Å². The van der Waals surface area contributed by atoms with Crippen molar-refractivity contribution in [3.8, 4) is 0 Å². The maximum atomic E-state index is 6.13. The molecule has 0 bridgehead atoms. The van der Waals surface area contributed by atoms with Crippen LogP contribution in [0.3, 0.4) is 0 Å². The number of pyridine rings is 1. The Hall–Kier alpha value is -1.10. The number of hydrogen-bond donors (Lipinski definition) is 1. The van der Waals surface area contributed by atoms with Crippen molar-refractivity contribution in [3.05, 3.63) is 57.2 Å². The Bertz CT molecular complexity index is 572. The number of halogens is 2. The van der Waals surface area contributed by atoms with Gasteiger partial charge in [0.25, 0.3) is 0 Å². The highest BCUT2D eigenvalue weighted by Gasteiger charge is 2.07. The van der Waals surface area contributed by atoms with Gasteiger partial charge in [-0.1, -0.05) is 39.7 Å². The SMILES string of the molecule is CNCc1nc(N(C)Cc2ccc(Br)cc2)ccc1Cl. The summed E-state index contributed by atoms with van der Waals surface area (Å²) < 4.78 is 1.09. The summed E-state index contributed by atoms with van der Waals surface area (Å²) in [5.41, 5.74) is 2.11. The number of nitrogens with zero attached hydrogens (tertiary/aromatic N) is 2. The van der Waals surface area contributed by atoms with Gasteiger partial charge in [0.15, 0.2) is 0 Å². The van der Waals surface area contributed by atoms with E-state index in [9.17, 15) is 0 Å². The molecule has 0 radical (unpaired) electrons. The van der Waals surface area contributed by atoms with Crippen LogP contribution in [0.2, 0.25) is 5.02 Å². The molecule has 0 amide bonds. The molecule has 0 aliphatic rings. The van der Waals surface area contributed by atoms with Crippen molar-refractivity contribution in [3.63, 3.8) is 0 Å². The van der Waals surface area contributed by atoms with Crippen LogP contribution in [0.15, 0.2) is 40.9 Å². The second-order valence-electron chi connectivity index (χ2n) is 4.61. The van der Waals surface area contributed by atoms with E-state index in [4.69, 9.17) is 11.6 Å². The minimum absolute atomic E-state index is 0.665. The van der Waals surface area contributed by atoms with Crippen molar-refractivity contribution in [1.82, 2.24) is 10.3 Å². The Labute approximate surface area is 133 Å². The minimum atomic E-state index is 0.665. The van der Waals surface area contributed by atoms with Crippen LogP contribution in [0.25, 0.3) is 0 Å². The van der Waals surface area contributed by atoms with Gasteiger partial charge in [0.05, 0.1) is 10.7 Å². The lowest BCUT2D eigenvalue weighted by Gasteiger charge is -2.19. The molecule has 1 N–H and O–H groups in total. The zero-order valence-corrected chi connectivity index (χ0v) is 13.9. The quantitative estimate of drug-likeness (QED) is 0.884. The Balaban J connectivity index is 2.14. The number of aromatic nitrogens is 1. The standard InChI is InChI=1S/C15H17BrClN3/c1-18-9-14-13(17)7-8-15(19-14)20(2)10-11-3-5-12(16)6-4-11/h3-8,18H,9-10H2,1-2H3. The number of hydrogen-bond acceptors (Lipinski definition) is 3. The van der Waals surface area contributed by atoms with E-state index >= 15 is 0 Å². The average molecular weight is 355 g/mol. The minimum Gasteiger partial charge on any atom is -0.355 e. The molecular formula is C15H17BrClN3. The first-order valence-electron chi connectivity index (χ1n) is 6.35. The summed E-state index contributed by atoms with van der Waals surface area (Å²) in [6.07, 6.45) is 0. The van der Waals surface area contributed by atoms with Crippen LogP contribution < -0.4 is 10.2 Å². The summed E-state index contributed by atoms with van der Waals surface area (Å²) in [5.74, 6) is 0.919. The van der Waals surface area contributed by atoms with E-state index in [2.05, 4.69) is 43.3 Å². The van der Waals surface area contributed by atoms with Gasteiger partial charge in [-0.25, -0.2) is 4.98 Å². The monoisotopic (exact) mass is 353 g/mol. The molecule has 1 aromatic heterocycles. The van der Waals surface area contributed by atoms with Crippen molar-refractivity contribution >= 4 is 33.3 Å². The van der Waals surface area contributed by atoms with E-state index < -0.39 is 0 Å². The zero-order valence-electron chi connectivity index (χ0n) is 11.5. The third-order valence-corrected chi connectivity index (χ3v) is 3.85. The van der Waals surface area contributed by atoms with Crippen LogP contribution >= 0.6 is 27.5 Å². The summed E-state index contributed by atoms with van der Waals surface area (Å²) in [6.45, 7) is 1.47. The topological polar surface area (TPSA) is 28.2 Å². The average Bonchev–Trinajstić information content (AvgIpc) is 2.44. The summed E-state index contributed by atoms with van der Waals surface area (Å²) >= 11 is 9.57. The zero-order chi connectivity index (χ0) is 14.5. The summed E-state index contributed by atoms with van der Waals surface area (Å²) in [6, 6.07) is 12.1. The van der Waals surface area contributed by atoms with Gasteiger partial charge in [-0.15, -0.1) is 0 Å². The molecule has 1 heterocycles. The molecule has 0 atom stereocenters. The highest BCUT2D eigenvalue weighted by atomic mass is 79.9. The fourth-order valence-electron chi connectivity index (χ4n) is 1.92. The Kier molecular flexibility index (Phi) is 5.40. The van der Waals surface area contributed by atoms with Crippen LogP contribution in [-0.4, -0.2) is 19.1 Å². The molecule has 0 fully saturated rings. The van der Waals surface area contributed by atoms with Crippen molar-refractivity contribution in [2.75, 3.05) is 19.0 Å². The lowest BCUT2D eigenvalue weighted by atomic mass is 10.2. The highest BCUT2D eigenvalue weighted by molar-refractivity contribution is 9.10. The van der Waals surface area contributed by atoms with Gasteiger partial charge in [-0.2, -0.15) is 0 Å².